The van der Waals surface area contributed by atoms with Gasteiger partial charge in [0.1, 0.15) is 0 Å². The molecule has 1 aliphatic rings. The fourth-order valence-corrected chi connectivity index (χ4v) is 1.38. The molecular weight excluding hydrogens is 168 g/mol. The van der Waals surface area contributed by atoms with Crippen LogP contribution in [0, 0.1) is 0 Å². The largest absolute Gasteiger partial charge is 0.393 e. The van der Waals surface area contributed by atoms with Crippen LogP contribution < -0.4 is 5.73 Å². The Morgan fingerprint density at radius 2 is 2.50 bits per heavy atom. The van der Waals surface area contributed by atoms with Crippen molar-refractivity contribution < 1.29 is 0 Å². The maximum absolute atomic E-state index is 5.43. The number of rotatable bonds is 3. The van der Waals surface area contributed by atoms with Gasteiger partial charge in [0.2, 0.25) is 0 Å². The van der Waals surface area contributed by atoms with Crippen molar-refractivity contribution in [1.82, 2.24) is 4.90 Å². The molecule has 2 nitrogen and oxygen atoms in total. The first-order chi connectivity index (χ1) is 5.68. The molecule has 3 heteroatoms. The maximum atomic E-state index is 5.43. The molecule has 1 rings (SSSR count). The summed E-state index contributed by atoms with van der Waals surface area (Å²) in [6.07, 6.45) is 4.32. The van der Waals surface area contributed by atoms with Crippen LogP contribution in [-0.2, 0) is 0 Å². The second-order valence-corrected chi connectivity index (χ2v) is 3.84. The van der Waals surface area contributed by atoms with Crippen LogP contribution in [0.2, 0.25) is 0 Å². The highest BCUT2D eigenvalue weighted by molar-refractivity contribution is 7.80. The Hall–Kier alpha value is -0.410. The summed E-state index contributed by atoms with van der Waals surface area (Å²) in [4.78, 5) is 3.01. The van der Waals surface area contributed by atoms with Crippen LogP contribution in [-0.4, -0.2) is 29.5 Å². The number of hydrogen-bond donors (Lipinski definition) is 1. The van der Waals surface area contributed by atoms with Gasteiger partial charge >= 0.3 is 0 Å². The third-order valence-corrected chi connectivity index (χ3v) is 2.40. The first kappa shape index (κ1) is 9.68. The molecule has 0 atom stereocenters. The average Bonchev–Trinajstić information content (AvgIpc) is 2.03. The zero-order valence-electron chi connectivity index (χ0n) is 7.55. The van der Waals surface area contributed by atoms with E-state index in [0.29, 0.717) is 4.99 Å². The number of hydrogen-bond acceptors (Lipinski definition) is 2. The Labute approximate surface area is 79.4 Å². The van der Waals surface area contributed by atoms with E-state index >= 15 is 0 Å². The van der Waals surface area contributed by atoms with Gasteiger partial charge in [-0.3, -0.25) is 4.90 Å². The molecule has 1 aliphatic heterocycles. The molecule has 0 radical (unpaired) electrons. The minimum Gasteiger partial charge on any atom is -0.393 e. The predicted octanol–water partition coefficient (Wildman–Crippen LogP) is 1.31. The van der Waals surface area contributed by atoms with Crippen molar-refractivity contribution in [1.29, 1.82) is 0 Å². The quantitative estimate of drug-likeness (QED) is 0.530. The van der Waals surface area contributed by atoms with Crippen molar-refractivity contribution in [2.75, 3.05) is 19.6 Å². The van der Waals surface area contributed by atoms with Crippen LogP contribution in [0.1, 0.15) is 19.8 Å². The van der Waals surface area contributed by atoms with E-state index in [1.54, 1.807) is 0 Å². The van der Waals surface area contributed by atoms with E-state index in [2.05, 4.69) is 17.9 Å². The summed E-state index contributed by atoms with van der Waals surface area (Å²) in [6, 6.07) is 0. The first-order valence-corrected chi connectivity index (χ1v) is 4.75. The predicted molar refractivity (Wildman–Crippen MR) is 56.2 cm³/mol. The second-order valence-electron chi connectivity index (χ2n) is 3.32. The van der Waals surface area contributed by atoms with E-state index in [1.165, 1.54) is 12.0 Å². The molecule has 68 valence electrons. The fraction of sp³-hybridized carbons (Fsp3) is 0.667. The van der Waals surface area contributed by atoms with Crippen LogP contribution in [0.15, 0.2) is 11.6 Å². The third kappa shape index (κ3) is 3.32. The highest BCUT2D eigenvalue weighted by atomic mass is 32.1. The lowest BCUT2D eigenvalue weighted by molar-refractivity contribution is 0.303. The van der Waals surface area contributed by atoms with Crippen molar-refractivity contribution in [3.8, 4) is 0 Å². The molecule has 0 unspecified atom stereocenters. The van der Waals surface area contributed by atoms with Crippen molar-refractivity contribution >= 4 is 17.2 Å². The fourth-order valence-electron chi connectivity index (χ4n) is 1.28. The van der Waals surface area contributed by atoms with Gasteiger partial charge in [0.15, 0.2) is 0 Å². The van der Waals surface area contributed by atoms with Gasteiger partial charge in [-0.2, -0.15) is 0 Å². The minimum atomic E-state index is 0.626. The van der Waals surface area contributed by atoms with Gasteiger partial charge in [0.05, 0.1) is 4.99 Å². The SMILES string of the molecule is CC1=CCN(CCC(N)=S)CC1. The highest BCUT2D eigenvalue weighted by Gasteiger charge is 2.08. The van der Waals surface area contributed by atoms with Gasteiger partial charge in [-0.25, -0.2) is 0 Å². The van der Waals surface area contributed by atoms with E-state index in [0.717, 1.165) is 26.1 Å². The summed E-state index contributed by atoms with van der Waals surface area (Å²) in [6.45, 7) is 5.42. The van der Waals surface area contributed by atoms with Gasteiger partial charge in [-0.1, -0.05) is 23.9 Å². The standard InChI is InChI=1S/C9H16N2S/c1-8-2-5-11(6-3-8)7-4-9(10)12/h2H,3-7H2,1H3,(H2,10,12). The molecule has 0 saturated carbocycles. The molecule has 0 amide bonds. The molecule has 0 aliphatic carbocycles. The molecular formula is C9H16N2S. The molecule has 0 aromatic heterocycles. The van der Waals surface area contributed by atoms with Crippen LogP contribution in [0.3, 0.4) is 0 Å². The summed E-state index contributed by atoms with van der Waals surface area (Å²) in [5.74, 6) is 0. The Kier molecular flexibility index (Phi) is 3.69. The van der Waals surface area contributed by atoms with E-state index < -0.39 is 0 Å². The molecule has 0 aromatic carbocycles. The van der Waals surface area contributed by atoms with Crippen LogP contribution in [0.25, 0.3) is 0 Å². The Balaban J connectivity index is 2.23. The smallest absolute Gasteiger partial charge is 0.0740 e. The molecule has 0 fully saturated rings. The Morgan fingerprint density at radius 1 is 1.75 bits per heavy atom. The monoisotopic (exact) mass is 184 g/mol. The average molecular weight is 184 g/mol. The lowest BCUT2D eigenvalue weighted by atomic mass is 10.1. The van der Waals surface area contributed by atoms with Gasteiger partial charge in [-0.05, 0) is 13.3 Å². The summed E-state index contributed by atoms with van der Waals surface area (Å²) in [5.41, 5.74) is 6.93. The topological polar surface area (TPSA) is 29.3 Å². The van der Waals surface area contributed by atoms with Gasteiger partial charge in [0, 0.05) is 26.1 Å². The van der Waals surface area contributed by atoms with Crippen LogP contribution in [0.5, 0.6) is 0 Å². The summed E-state index contributed by atoms with van der Waals surface area (Å²) >= 11 is 4.82. The van der Waals surface area contributed by atoms with Gasteiger partial charge in [-0.15, -0.1) is 0 Å². The molecule has 12 heavy (non-hydrogen) atoms. The Bertz CT molecular complexity index is 199. The van der Waals surface area contributed by atoms with E-state index in [1.807, 2.05) is 0 Å². The molecule has 2 N–H and O–H groups in total. The van der Waals surface area contributed by atoms with E-state index in [4.69, 9.17) is 18.0 Å². The first-order valence-electron chi connectivity index (χ1n) is 4.35. The van der Waals surface area contributed by atoms with Crippen molar-refractivity contribution in [3.05, 3.63) is 11.6 Å². The summed E-state index contributed by atoms with van der Waals surface area (Å²) in [7, 11) is 0. The highest BCUT2D eigenvalue weighted by Crippen LogP contribution is 2.09. The molecule has 0 bridgehead atoms. The normalized spacial score (nSPS) is 18.9. The third-order valence-electron chi connectivity index (χ3n) is 2.19. The van der Waals surface area contributed by atoms with Crippen LogP contribution >= 0.6 is 12.2 Å². The summed E-state index contributed by atoms with van der Waals surface area (Å²) in [5, 5.41) is 0. The molecule has 0 aromatic rings. The minimum absolute atomic E-state index is 0.626. The lowest BCUT2D eigenvalue weighted by Crippen LogP contribution is -2.31. The van der Waals surface area contributed by atoms with E-state index in [-0.39, 0.29) is 0 Å². The van der Waals surface area contributed by atoms with Gasteiger partial charge < -0.3 is 5.73 Å². The molecule has 1 heterocycles. The number of nitrogens with zero attached hydrogens (tertiary/aromatic N) is 1. The van der Waals surface area contributed by atoms with Crippen LogP contribution in [0.4, 0.5) is 0 Å². The number of thiocarbonyl (C=S) groups is 1. The zero-order chi connectivity index (χ0) is 8.97. The van der Waals surface area contributed by atoms with Crippen molar-refractivity contribution in [2.24, 2.45) is 5.73 Å². The van der Waals surface area contributed by atoms with Crippen molar-refractivity contribution in [2.45, 2.75) is 19.8 Å². The zero-order valence-corrected chi connectivity index (χ0v) is 8.36. The van der Waals surface area contributed by atoms with E-state index in [9.17, 15) is 0 Å². The molecule has 0 saturated heterocycles. The second kappa shape index (κ2) is 4.58. The summed E-state index contributed by atoms with van der Waals surface area (Å²) < 4.78 is 0. The maximum Gasteiger partial charge on any atom is 0.0740 e. The van der Waals surface area contributed by atoms with Gasteiger partial charge in [0.25, 0.3) is 0 Å². The molecule has 0 spiro atoms. The lowest BCUT2D eigenvalue weighted by Gasteiger charge is -2.24. The number of nitrogens with two attached hydrogens (primary N) is 1. The Morgan fingerprint density at radius 3 is 3.00 bits per heavy atom. The van der Waals surface area contributed by atoms with Crippen molar-refractivity contribution in [3.63, 3.8) is 0 Å².